The summed E-state index contributed by atoms with van der Waals surface area (Å²) in [7, 11) is 0. The summed E-state index contributed by atoms with van der Waals surface area (Å²) in [6.45, 7) is 6.98. The highest BCUT2D eigenvalue weighted by atomic mass is 16.4. The number of aromatic nitrogens is 1. The zero-order valence-corrected chi connectivity index (χ0v) is 20.8. The lowest BCUT2D eigenvalue weighted by Crippen LogP contribution is -2.59. The van der Waals surface area contributed by atoms with E-state index in [4.69, 9.17) is 5.73 Å². The number of H-pyrrole nitrogens is 1. The van der Waals surface area contributed by atoms with Crippen LogP contribution in [0, 0.1) is 11.8 Å². The van der Waals surface area contributed by atoms with E-state index in [-0.39, 0.29) is 24.8 Å². The molecule has 5 atom stereocenters. The molecular formula is C25H37N5O5. The van der Waals surface area contributed by atoms with E-state index < -0.39 is 41.8 Å². The first-order valence-electron chi connectivity index (χ1n) is 12.0. The third-order valence-electron chi connectivity index (χ3n) is 6.51. The SMILES string of the molecule is CCC(C)C(NC(=O)C(NC(=O)C(Cc1c[nH]c2ccccc12)NC(=O)CN)C(C)CC)C(=O)O. The number of amides is 3. The Hall–Kier alpha value is -3.40. The summed E-state index contributed by atoms with van der Waals surface area (Å²) in [6.07, 6.45) is 3.10. The van der Waals surface area contributed by atoms with Crippen molar-refractivity contribution in [3.63, 3.8) is 0 Å². The van der Waals surface area contributed by atoms with Gasteiger partial charge in [-0.2, -0.15) is 0 Å². The van der Waals surface area contributed by atoms with Crippen LogP contribution in [0.15, 0.2) is 30.5 Å². The number of hydrogen-bond donors (Lipinski definition) is 6. The van der Waals surface area contributed by atoms with Crippen LogP contribution in [-0.4, -0.2) is 58.5 Å². The van der Waals surface area contributed by atoms with E-state index in [1.807, 2.05) is 38.1 Å². The van der Waals surface area contributed by atoms with Gasteiger partial charge in [-0.25, -0.2) is 4.79 Å². The maximum Gasteiger partial charge on any atom is 0.326 e. The summed E-state index contributed by atoms with van der Waals surface area (Å²) in [6, 6.07) is 4.57. The van der Waals surface area contributed by atoms with Crippen molar-refractivity contribution >= 4 is 34.6 Å². The third-order valence-corrected chi connectivity index (χ3v) is 6.51. The van der Waals surface area contributed by atoms with Crippen molar-refractivity contribution in [2.24, 2.45) is 17.6 Å². The number of rotatable bonds is 13. The van der Waals surface area contributed by atoms with Gasteiger partial charge in [0.25, 0.3) is 0 Å². The minimum absolute atomic E-state index is 0.182. The second-order valence-electron chi connectivity index (χ2n) is 8.97. The lowest BCUT2D eigenvalue weighted by Gasteiger charge is -2.29. The zero-order valence-electron chi connectivity index (χ0n) is 20.8. The number of nitrogens with one attached hydrogen (secondary N) is 4. The molecule has 1 heterocycles. The Balaban J connectivity index is 2.27. The van der Waals surface area contributed by atoms with Crippen molar-refractivity contribution in [2.45, 2.75) is 65.1 Å². The van der Waals surface area contributed by atoms with E-state index in [2.05, 4.69) is 20.9 Å². The molecule has 0 aliphatic carbocycles. The predicted molar refractivity (Wildman–Crippen MR) is 133 cm³/mol. The van der Waals surface area contributed by atoms with Crippen LogP contribution < -0.4 is 21.7 Å². The molecule has 1 aromatic carbocycles. The van der Waals surface area contributed by atoms with Gasteiger partial charge in [-0.3, -0.25) is 14.4 Å². The molecule has 0 fully saturated rings. The van der Waals surface area contributed by atoms with Gasteiger partial charge in [0.15, 0.2) is 0 Å². The molecule has 0 bridgehead atoms. The number of carbonyl (C=O) groups is 4. The Labute approximate surface area is 205 Å². The average Bonchev–Trinajstić information content (AvgIpc) is 3.26. The number of hydrogen-bond acceptors (Lipinski definition) is 5. The fourth-order valence-corrected chi connectivity index (χ4v) is 3.86. The zero-order chi connectivity index (χ0) is 26.1. The van der Waals surface area contributed by atoms with Crippen LogP contribution in [0.5, 0.6) is 0 Å². The quantitative estimate of drug-likeness (QED) is 0.249. The van der Waals surface area contributed by atoms with Crippen LogP contribution in [0.25, 0.3) is 10.9 Å². The highest BCUT2D eigenvalue weighted by Crippen LogP contribution is 2.19. The number of carbonyl (C=O) groups excluding carboxylic acids is 3. The first kappa shape index (κ1) is 27.8. The summed E-state index contributed by atoms with van der Waals surface area (Å²) in [5.41, 5.74) is 7.18. The van der Waals surface area contributed by atoms with Crippen LogP contribution in [0.3, 0.4) is 0 Å². The Morgan fingerprint density at radius 1 is 0.943 bits per heavy atom. The molecule has 192 valence electrons. The van der Waals surface area contributed by atoms with Gasteiger partial charge in [-0.1, -0.05) is 58.7 Å². The van der Waals surface area contributed by atoms with Crippen molar-refractivity contribution in [2.75, 3.05) is 6.54 Å². The van der Waals surface area contributed by atoms with Crippen molar-refractivity contribution in [3.8, 4) is 0 Å². The van der Waals surface area contributed by atoms with Crippen molar-refractivity contribution in [1.29, 1.82) is 0 Å². The predicted octanol–water partition coefficient (Wildman–Crippen LogP) is 1.30. The molecule has 2 rings (SSSR count). The van der Waals surface area contributed by atoms with Gasteiger partial charge in [0.05, 0.1) is 6.54 Å². The molecule has 0 aliphatic heterocycles. The van der Waals surface area contributed by atoms with E-state index in [9.17, 15) is 24.3 Å². The highest BCUT2D eigenvalue weighted by molar-refractivity contribution is 5.94. The molecule has 7 N–H and O–H groups in total. The topological polar surface area (TPSA) is 166 Å². The smallest absolute Gasteiger partial charge is 0.326 e. The Kier molecular flexibility index (Phi) is 10.3. The fraction of sp³-hybridized carbons (Fsp3) is 0.520. The molecule has 1 aromatic heterocycles. The molecule has 5 unspecified atom stereocenters. The molecule has 0 radical (unpaired) electrons. The first-order chi connectivity index (χ1) is 16.6. The number of carboxylic acid groups (broad SMARTS) is 1. The summed E-state index contributed by atoms with van der Waals surface area (Å²) in [5, 5.41) is 18.5. The summed E-state index contributed by atoms with van der Waals surface area (Å²) in [5.74, 6) is -3.32. The fourth-order valence-electron chi connectivity index (χ4n) is 3.86. The molecule has 2 aromatic rings. The minimum Gasteiger partial charge on any atom is -0.480 e. The van der Waals surface area contributed by atoms with Crippen molar-refractivity contribution in [3.05, 3.63) is 36.0 Å². The van der Waals surface area contributed by atoms with Crippen LogP contribution in [-0.2, 0) is 25.6 Å². The van der Waals surface area contributed by atoms with Crippen LogP contribution in [0.4, 0.5) is 0 Å². The molecule has 0 spiro atoms. The number of aromatic amines is 1. The number of aliphatic carboxylic acids is 1. The molecule has 0 saturated heterocycles. The number of nitrogens with two attached hydrogens (primary N) is 1. The van der Waals surface area contributed by atoms with Crippen LogP contribution in [0.1, 0.15) is 46.1 Å². The second kappa shape index (κ2) is 12.9. The Morgan fingerprint density at radius 2 is 1.54 bits per heavy atom. The number of benzene rings is 1. The van der Waals surface area contributed by atoms with Crippen LogP contribution in [0.2, 0.25) is 0 Å². The minimum atomic E-state index is -1.13. The summed E-state index contributed by atoms with van der Waals surface area (Å²) in [4.78, 5) is 53.4. The van der Waals surface area contributed by atoms with E-state index in [1.54, 1.807) is 20.0 Å². The summed E-state index contributed by atoms with van der Waals surface area (Å²) < 4.78 is 0. The molecule has 10 heteroatoms. The molecule has 35 heavy (non-hydrogen) atoms. The third kappa shape index (κ3) is 7.29. The normalized spacial score (nSPS) is 15.5. The van der Waals surface area contributed by atoms with Gasteiger partial charge in [-0.15, -0.1) is 0 Å². The lowest BCUT2D eigenvalue weighted by atomic mass is 9.95. The molecule has 10 nitrogen and oxygen atoms in total. The largest absolute Gasteiger partial charge is 0.480 e. The van der Waals surface area contributed by atoms with E-state index in [1.165, 1.54) is 0 Å². The Bertz CT molecular complexity index is 1040. The molecule has 3 amide bonds. The summed E-state index contributed by atoms with van der Waals surface area (Å²) >= 11 is 0. The van der Waals surface area contributed by atoms with Gasteiger partial charge >= 0.3 is 5.97 Å². The van der Waals surface area contributed by atoms with Gasteiger partial charge < -0.3 is 31.8 Å². The first-order valence-corrected chi connectivity index (χ1v) is 12.0. The van der Waals surface area contributed by atoms with Gasteiger partial charge in [0.2, 0.25) is 17.7 Å². The van der Waals surface area contributed by atoms with Gasteiger partial charge in [-0.05, 0) is 23.5 Å². The standard InChI is InChI=1S/C25H37N5O5/c1-5-14(3)21(24(33)30-22(25(34)35)15(4)6-2)29-23(32)19(28-20(31)12-26)11-16-13-27-18-10-8-7-9-17(16)18/h7-10,13-15,19,21-22,27H,5-6,11-12,26H2,1-4H3,(H,28,31)(H,29,32)(H,30,33)(H,34,35). The molecule has 0 saturated carbocycles. The van der Waals surface area contributed by atoms with Crippen molar-refractivity contribution in [1.82, 2.24) is 20.9 Å². The van der Waals surface area contributed by atoms with E-state index in [0.29, 0.717) is 12.8 Å². The maximum atomic E-state index is 13.3. The van der Waals surface area contributed by atoms with Crippen LogP contribution >= 0.6 is 0 Å². The van der Waals surface area contributed by atoms with E-state index in [0.717, 1.165) is 16.5 Å². The maximum absolute atomic E-state index is 13.3. The van der Waals surface area contributed by atoms with Gasteiger partial charge in [0.1, 0.15) is 18.1 Å². The highest BCUT2D eigenvalue weighted by Gasteiger charge is 2.33. The lowest BCUT2D eigenvalue weighted by molar-refractivity contribution is -0.144. The average molecular weight is 488 g/mol. The Morgan fingerprint density at radius 3 is 2.14 bits per heavy atom. The second-order valence-corrected chi connectivity index (χ2v) is 8.97. The van der Waals surface area contributed by atoms with E-state index >= 15 is 0 Å². The number of carboxylic acids is 1. The number of para-hydroxylation sites is 1. The number of fused-ring (bicyclic) bond motifs is 1. The molecule has 0 aliphatic rings. The van der Waals surface area contributed by atoms with Crippen molar-refractivity contribution < 1.29 is 24.3 Å². The monoisotopic (exact) mass is 487 g/mol. The van der Waals surface area contributed by atoms with Gasteiger partial charge in [0, 0.05) is 23.5 Å². The molecular weight excluding hydrogens is 450 g/mol.